The number of nitrogens with one attached hydrogen (secondary N) is 2. The van der Waals surface area contributed by atoms with Crippen LogP contribution in [0.25, 0.3) is 11.1 Å². The van der Waals surface area contributed by atoms with Crippen LogP contribution in [-0.4, -0.2) is 53.0 Å². The van der Waals surface area contributed by atoms with E-state index >= 15 is 0 Å². The number of amides is 2. The van der Waals surface area contributed by atoms with E-state index in [1.165, 1.54) is 13.2 Å². The van der Waals surface area contributed by atoms with E-state index in [9.17, 15) is 24.8 Å². The molecule has 3 aromatic rings. The monoisotopic (exact) mass is 516 g/mol. The molecule has 0 saturated carbocycles. The highest BCUT2D eigenvalue weighted by atomic mass is 16.6. The summed E-state index contributed by atoms with van der Waals surface area (Å²) in [6.07, 6.45) is 2.60. The number of nitro groups is 1. The number of aryl methyl sites for hydroxylation is 1. The van der Waals surface area contributed by atoms with Gasteiger partial charge >= 0.3 is 5.69 Å². The number of nitro benzene ring substituents is 1. The molecule has 2 aliphatic rings. The lowest BCUT2D eigenvalue weighted by atomic mass is 10.0. The smallest absolute Gasteiger partial charge is 0.310 e. The van der Waals surface area contributed by atoms with E-state index in [1.807, 2.05) is 24.3 Å². The summed E-state index contributed by atoms with van der Waals surface area (Å²) in [6, 6.07) is 15.5. The predicted molar refractivity (Wildman–Crippen MR) is 143 cm³/mol. The van der Waals surface area contributed by atoms with Crippen molar-refractivity contribution >= 4 is 34.6 Å². The fraction of sp³-hybridized carbons (Fsp3) is 0.286. The highest BCUT2D eigenvalue weighted by molar-refractivity contribution is 6.12. The van der Waals surface area contributed by atoms with Gasteiger partial charge in [0.05, 0.1) is 47.3 Å². The van der Waals surface area contributed by atoms with Crippen molar-refractivity contribution in [3.05, 3.63) is 75.8 Å². The number of nitrogens with zero attached hydrogens (tertiary/aromatic N) is 2. The standard InChI is InChI=1S/C28H28N4O6/c1-38-26-15-19(7-10-25(26)32(36)37)18-6-8-21-23(14-18)29-22-9-4-17(13-24(22)30-28(21)35)5-11-27(34)31-12-2-3-20(31)16-33/h4,6-10,13-15,20,29,33H,2-3,5,11-12,16H2,1H3,(H,30,35). The summed E-state index contributed by atoms with van der Waals surface area (Å²) in [7, 11) is 1.38. The second-order valence-corrected chi connectivity index (χ2v) is 9.43. The molecule has 2 aliphatic heterocycles. The van der Waals surface area contributed by atoms with Crippen molar-refractivity contribution in [2.75, 3.05) is 30.9 Å². The van der Waals surface area contributed by atoms with Crippen molar-refractivity contribution in [3.63, 3.8) is 0 Å². The van der Waals surface area contributed by atoms with Crippen LogP contribution < -0.4 is 15.4 Å². The number of carbonyl (C=O) groups excluding carboxylic acids is 2. The van der Waals surface area contributed by atoms with Gasteiger partial charge in [0.25, 0.3) is 5.91 Å². The Morgan fingerprint density at radius 1 is 1.08 bits per heavy atom. The Morgan fingerprint density at radius 2 is 1.87 bits per heavy atom. The number of hydrogen-bond acceptors (Lipinski definition) is 7. The van der Waals surface area contributed by atoms with E-state index in [-0.39, 0.29) is 35.9 Å². The lowest BCUT2D eigenvalue weighted by Gasteiger charge is -2.23. The molecule has 1 atom stereocenters. The Bertz CT molecular complexity index is 1420. The van der Waals surface area contributed by atoms with E-state index in [2.05, 4.69) is 10.6 Å². The van der Waals surface area contributed by atoms with Gasteiger partial charge in [-0.2, -0.15) is 0 Å². The normalized spacial score (nSPS) is 16.1. The predicted octanol–water partition coefficient (Wildman–Crippen LogP) is 4.50. The van der Waals surface area contributed by atoms with E-state index in [0.29, 0.717) is 47.6 Å². The Morgan fingerprint density at radius 3 is 2.63 bits per heavy atom. The highest BCUT2D eigenvalue weighted by Gasteiger charge is 2.28. The van der Waals surface area contributed by atoms with Crippen LogP contribution in [0.5, 0.6) is 5.75 Å². The molecule has 196 valence electrons. The quantitative estimate of drug-likeness (QED) is 0.311. The first-order chi connectivity index (χ1) is 18.4. The topological polar surface area (TPSA) is 134 Å². The van der Waals surface area contributed by atoms with Gasteiger partial charge in [0.2, 0.25) is 5.91 Å². The molecule has 10 heteroatoms. The fourth-order valence-corrected chi connectivity index (χ4v) is 5.08. The van der Waals surface area contributed by atoms with Crippen LogP contribution in [0.4, 0.5) is 22.7 Å². The van der Waals surface area contributed by atoms with Crippen LogP contribution in [0.2, 0.25) is 0 Å². The number of aliphatic hydroxyl groups is 1. The van der Waals surface area contributed by atoms with Gasteiger partial charge < -0.3 is 25.4 Å². The molecular formula is C28H28N4O6. The Labute approximate surface area is 219 Å². The maximum atomic E-state index is 13.0. The van der Waals surface area contributed by atoms with Gasteiger partial charge in [-0.1, -0.05) is 12.1 Å². The molecule has 5 rings (SSSR count). The summed E-state index contributed by atoms with van der Waals surface area (Å²) >= 11 is 0. The first-order valence-corrected chi connectivity index (χ1v) is 12.5. The first kappa shape index (κ1) is 25.2. The third-order valence-electron chi connectivity index (χ3n) is 7.11. The number of methoxy groups -OCH3 is 1. The molecule has 0 spiro atoms. The zero-order chi connectivity index (χ0) is 26.8. The maximum absolute atomic E-state index is 13.0. The maximum Gasteiger partial charge on any atom is 0.310 e. The number of carbonyl (C=O) groups is 2. The summed E-state index contributed by atoms with van der Waals surface area (Å²) < 4.78 is 5.19. The summed E-state index contributed by atoms with van der Waals surface area (Å²) in [6.45, 7) is 0.670. The number of fused-ring (bicyclic) bond motifs is 2. The molecule has 2 heterocycles. The number of anilines is 3. The van der Waals surface area contributed by atoms with Crippen LogP contribution in [0.15, 0.2) is 54.6 Å². The summed E-state index contributed by atoms with van der Waals surface area (Å²) in [5.74, 6) is -0.0854. The van der Waals surface area contributed by atoms with E-state index in [1.54, 1.807) is 29.2 Å². The Balaban J connectivity index is 1.36. The first-order valence-electron chi connectivity index (χ1n) is 12.5. The van der Waals surface area contributed by atoms with E-state index < -0.39 is 4.92 Å². The molecule has 0 radical (unpaired) electrons. The lowest BCUT2D eigenvalue weighted by molar-refractivity contribution is -0.385. The van der Waals surface area contributed by atoms with Crippen LogP contribution in [0.3, 0.4) is 0 Å². The number of hydrogen-bond donors (Lipinski definition) is 3. The average molecular weight is 517 g/mol. The van der Waals surface area contributed by atoms with Crippen LogP contribution in [0, 0.1) is 10.1 Å². The SMILES string of the molecule is COc1cc(-c2ccc3c(c2)Nc2ccc(CCC(=O)N4CCCC4CO)cc2NC3=O)ccc1[N+](=O)[O-]. The summed E-state index contributed by atoms with van der Waals surface area (Å²) in [4.78, 5) is 38.2. The van der Waals surface area contributed by atoms with Crippen molar-refractivity contribution in [1.29, 1.82) is 0 Å². The van der Waals surface area contributed by atoms with Gasteiger partial charge in [-0.3, -0.25) is 19.7 Å². The lowest BCUT2D eigenvalue weighted by Crippen LogP contribution is -2.37. The fourth-order valence-electron chi connectivity index (χ4n) is 5.08. The van der Waals surface area contributed by atoms with Gasteiger partial charge in [0.1, 0.15) is 0 Å². The van der Waals surface area contributed by atoms with Crippen LogP contribution >= 0.6 is 0 Å². The Kier molecular flexibility index (Phi) is 6.97. The number of ether oxygens (including phenoxy) is 1. The van der Waals surface area contributed by atoms with Gasteiger partial charge in [0, 0.05) is 19.0 Å². The molecule has 1 fully saturated rings. The van der Waals surface area contributed by atoms with Crippen molar-refractivity contribution in [1.82, 2.24) is 4.90 Å². The number of likely N-dealkylation sites (tertiary alicyclic amines) is 1. The molecule has 38 heavy (non-hydrogen) atoms. The molecule has 3 N–H and O–H groups in total. The molecule has 0 aromatic heterocycles. The van der Waals surface area contributed by atoms with Gasteiger partial charge in [0.15, 0.2) is 5.75 Å². The van der Waals surface area contributed by atoms with E-state index in [4.69, 9.17) is 4.74 Å². The zero-order valence-electron chi connectivity index (χ0n) is 20.9. The third kappa shape index (κ3) is 4.90. The molecule has 1 unspecified atom stereocenters. The molecule has 10 nitrogen and oxygen atoms in total. The second kappa shape index (κ2) is 10.5. The minimum Gasteiger partial charge on any atom is -0.490 e. The third-order valence-corrected chi connectivity index (χ3v) is 7.11. The van der Waals surface area contributed by atoms with Gasteiger partial charge in [-0.15, -0.1) is 0 Å². The molecule has 0 aliphatic carbocycles. The Hall–Kier alpha value is -4.44. The minimum absolute atomic E-state index is 0.0116. The van der Waals surface area contributed by atoms with Crippen LogP contribution in [-0.2, 0) is 11.2 Å². The van der Waals surface area contributed by atoms with Crippen LogP contribution in [0.1, 0.15) is 35.2 Å². The van der Waals surface area contributed by atoms with Crippen molar-refractivity contribution in [3.8, 4) is 16.9 Å². The zero-order valence-corrected chi connectivity index (χ0v) is 20.9. The largest absolute Gasteiger partial charge is 0.490 e. The summed E-state index contributed by atoms with van der Waals surface area (Å²) in [5, 5.41) is 27.0. The van der Waals surface area contributed by atoms with Crippen molar-refractivity contribution < 1.29 is 24.4 Å². The summed E-state index contributed by atoms with van der Waals surface area (Å²) in [5.41, 5.74) is 4.66. The van der Waals surface area contributed by atoms with Crippen molar-refractivity contribution in [2.45, 2.75) is 31.7 Å². The minimum atomic E-state index is -0.495. The van der Waals surface area contributed by atoms with Gasteiger partial charge in [-0.05, 0) is 72.4 Å². The van der Waals surface area contributed by atoms with Gasteiger partial charge in [-0.25, -0.2) is 0 Å². The second-order valence-electron chi connectivity index (χ2n) is 9.43. The highest BCUT2D eigenvalue weighted by Crippen LogP contribution is 2.37. The molecule has 2 amide bonds. The van der Waals surface area contributed by atoms with E-state index in [0.717, 1.165) is 24.0 Å². The molecule has 1 saturated heterocycles. The van der Waals surface area contributed by atoms with Crippen molar-refractivity contribution in [2.24, 2.45) is 0 Å². The molecule has 0 bridgehead atoms. The number of rotatable bonds is 7. The molecule has 3 aromatic carbocycles. The molecular weight excluding hydrogens is 488 g/mol. The average Bonchev–Trinajstić information content (AvgIpc) is 3.36. The number of benzene rings is 3. The number of aliphatic hydroxyl groups excluding tert-OH is 1.